The zero-order chi connectivity index (χ0) is 12.3. The number of benzene rings is 1. The molecule has 2 rings (SSSR count). The highest BCUT2D eigenvalue weighted by atomic mass is 79.9. The number of nitrogens with one attached hydrogen (secondary N) is 1. The number of rotatable bonds is 3. The van der Waals surface area contributed by atoms with Gasteiger partial charge in [0.05, 0.1) is 12.6 Å². The molecule has 1 aromatic rings. The Kier molecular flexibility index (Phi) is 4.18. The second kappa shape index (κ2) is 5.65. The Morgan fingerprint density at radius 3 is 2.88 bits per heavy atom. The Balaban J connectivity index is 2.38. The van der Waals surface area contributed by atoms with Crippen LogP contribution in [0, 0.1) is 5.82 Å². The molecule has 1 unspecified atom stereocenters. The van der Waals surface area contributed by atoms with E-state index in [0.29, 0.717) is 12.2 Å². The van der Waals surface area contributed by atoms with Gasteiger partial charge in [0.1, 0.15) is 11.6 Å². The lowest BCUT2D eigenvalue weighted by Gasteiger charge is -2.24. The van der Waals surface area contributed by atoms with Crippen LogP contribution in [0.2, 0.25) is 0 Å². The van der Waals surface area contributed by atoms with E-state index in [1.807, 2.05) is 19.2 Å². The van der Waals surface area contributed by atoms with E-state index < -0.39 is 0 Å². The Morgan fingerprint density at radius 1 is 1.47 bits per heavy atom. The third-order valence-corrected chi connectivity index (χ3v) is 3.52. The fraction of sp³-hybridized carbons (Fsp3) is 0.385. The molecule has 0 amide bonds. The van der Waals surface area contributed by atoms with Gasteiger partial charge in [-0.05, 0) is 38.1 Å². The minimum absolute atomic E-state index is 0.228. The van der Waals surface area contributed by atoms with Crippen molar-refractivity contribution in [3.05, 3.63) is 45.9 Å². The van der Waals surface area contributed by atoms with Gasteiger partial charge in [-0.25, -0.2) is 4.39 Å². The highest BCUT2D eigenvalue weighted by molar-refractivity contribution is 9.10. The molecular formula is C13H15BrFNO. The van der Waals surface area contributed by atoms with Gasteiger partial charge in [0.2, 0.25) is 0 Å². The molecule has 4 heteroatoms. The zero-order valence-electron chi connectivity index (χ0n) is 9.67. The third kappa shape index (κ3) is 2.69. The normalized spacial score (nSPS) is 17.2. The fourth-order valence-electron chi connectivity index (χ4n) is 1.99. The molecule has 92 valence electrons. The van der Waals surface area contributed by atoms with Crippen LogP contribution < -0.4 is 5.32 Å². The van der Waals surface area contributed by atoms with Crippen LogP contribution in [0.3, 0.4) is 0 Å². The van der Waals surface area contributed by atoms with E-state index in [-0.39, 0.29) is 11.9 Å². The van der Waals surface area contributed by atoms with Crippen molar-refractivity contribution >= 4 is 15.9 Å². The van der Waals surface area contributed by atoms with E-state index in [0.717, 1.165) is 23.1 Å². The summed E-state index contributed by atoms with van der Waals surface area (Å²) in [5, 5.41) is 3.11. The van der Waals surface area contributed by atoms with Crippen LogP contribution in [0.15, 0.2) is 34.5 Å². The second-order valence-electron chi connectivity index (χ2n) is 3.95. The zero-order valence-corrected chi connectivity index (χ0v) is 11.3. The molecule has 0 bridgehead atoms. The molecule has 0 spiro atoms. The summed E-state index contributed by atoms with van der Waals surface area (Å²) in [6.45, 7) is 0.704. The van der Waals surface area contributed by atoms with Gasteiger partial charge in [0.15, 0.2) is 0 Å². The molecule has 1 N–H and O–H groups in total. The predicted molar refractivity (Wildman–Crippen MR) is 69.2 cm³/mol. The van der Waals surface area contributed by atoms with Gasteiger partial charge in [0.25, 0.3) is 0 Å². The SMILES string of the molecule is CNC(C1=CCCCO1)c1c(F)cccc1Br. The summed E-state index contributed by atoms with van der Waals surface area (Å²) in [7, 11) is 1.81. The Bertz CT molecular complexity index is 413. The van der Waals surface area contributed by atoms with E-state index in [2.05, 4.69) is 21.2 Å². The summed E-state index contributed by atoms with van der Waals surface area (Å²) < 4.78 is 20.3. The summed E-state index contributed by atoms with van der Waals surface area (Å²) in [6, 6.07) is 4.76. The number of allylic oxidation sites excluding steroid dienone is 1. The summed E-state index contributed by atoms with van der Waals surface area (Å²) in [5.74, 6) is 0.582. The number of hydrogen-bond acceptors (Lipinski definition) is 2. The fourth-order valence-corrected chi connectivity index (χ4v) is 2.56. The minimum Gasteiger partial charge on any atom is -0.496 e. The Hall–Kier alpha value is -0.870. The van der Waals surface area contributed by atoms with E-state index in [1.165, 1.54) is 6.07 Å². The first-order valence-electron chi connectivity index (χ1n) is 5.68. The minimum atomic E-state index is -0.231. The quantitative estimate of drug-likeness (QED) is 0.922. The largest absolute Gasteiger partial charge is 0.496 e. The molecule has 1 aromatic carbocycles. The van der Waals surface area contributed by atoms with Crippen LogP contribution in [0.4, 0.5) is 4.39 Å². The molecule has 2 nitrogen and oxygen atoms in total. The van der Waals surface area contributed by atoms with Gasteiger partial charge in [-0.15, -0.1) is 0 Å². The van der Waals surface area contributed by atoms with Crippen molar-refractivity contribution in [2.75, 3.05) is 13.7 Å². The summed E-state index contributed by atoms with van der Waals surface area (Å²) in [6.07, 6.45) is 4.04. The van der Waals surface area contributed by atoms with Gasteiger partial charge >= 0.3 is 0 Å². The number of hydrogen-bond donors (Lipinski definition) is 1. The van der Waals surface area contributed by atoms with Crippen LogP contribution in [-0.2, 0) is 4.74 Å². The highest BCUT2D eigenvalue weighted by Gasteiger charge is 2.23. The topological polar surface area (TPSA) is 21.3 Å². The van der Waals surface area contributed by atoms with Crippen LogP contribution in [0.25, 0.3) is 0 Å². The first-order valence-corrected chi connectivity index (χ1v) is 6.47. The second-order valence-corrected chi connectivity index (χ2v) is 4.81. The summed E-state index contributed by atoms with van der Waals surface area (Å²) in [5.41, 5.74) is 0.600. The lowest BCUT2D eigenvalue weighted by Crippen LogP contribution is -2.23. The lowest BCUT2D eigenvalue weighted by atomic mass is 10.0. The van der Waals surface area contributed by atoms with E-state index >= 15 is 0 Å². The van der Waals surface area contributed by atoms with E-state index in [4.69, 9.17) is 4.74 Å². The van der Waals surface area contributed by atoms with Crippen LogP contribution in [0.1, 0.15) is 24.4 Å². The van der Waals surface area contributed by atoms with Gasteiger partial charge in [-0.1, -0.05) is 22.0 Å². The monoisotopic (exact) mass is 299 g/mol. The first-order chi connectivity index (χ1) is 8.24. The average Bonchev–Trinajstić information content (AvgIpc) is 2.35. The average molecular weight is 300 g/mol. The maximum absolute atomic E-state index is 13.9. The molecule has 17 heavy (non-hydrogen) atoms. The standard InChI is InChI=1S/C13H15BrFNO/c1-16-13(11-7-2-3-8-17-11)12-9(14)5-4-6-10(12)15/h4-7,13,16H,2-3,8H2,1H3. The summed E-state index contributed by atoms with van der Waals surface area (Å²) in [4.78, 5) is 0. The molecule has 0 aromatic heterocycles. The molecule has 1 aliphatic rings. The van der Waals surface area contributed by atoms with Crippen molar-refractivity contribution < 1.29 is 9.13 Å². The maximum atomic E-state index is 13.9. The highest BCUT2D eigenvalue weighted by Crippen LogP contribution is 2.32. The van der Waals surface area contributed by atoms with Gasteiger partial charge < -0.3 is 10.1 Å². The van der Waals surface area contributed by atoms with Crippen LogP contribution >= 0.6 is 15.9 Å². The molecule has 0 saturated heterocycles. The number of halogens is 2. The van der Waals surface area contributed by atoms with E-state index in [1.54, 1.807) is 6.07 Å². The van der Waals surface area contributed by atoms with Crippen molar-refractivity contribution in [2.45, 2.75) is 18.9 Å². The van der Waals surface area contributed by atoms with Crippen molar-refractivity contribution in [2.24, 2.45) is 0 Å². The molecule has 1 aliphatic heterocycles. The third-order valence-electron chi connectivity index (χ3n) is 2.82. The van der Waals surface area contributed by atoms with Gasteiger partial charge in [0, 0.05) is 10.0 Å². The maximum Gasteiger partial charge on any atom is 0.129 e. The molecule has 1 heterocycles. The molecule has 1 atom stereocenters. The smallest absolute Gasteiger partial charge is 0.129 e. The molecule has 0 saturated carbocycles. The van der Waals surface area contributed by atoms with Crippen LogP contribution in [0.5, 0.6) is 0 Å². The van der Waals surface area contributed by atoms with Crippen molar-refractivity contribution in [1.29, 1.82) is 0 Å². The molecular weight excluding hydrogens is 285 g/mol. The van der Waals surface area contributed by atoms with Gasteiger partial charge in [-0.2, -0.15) is 0 Å². The predicted octanol–water partition coefficient (Wildman–Crippen LogP) is 3.54. The Morgan fingerprint density at radius 2 is 2.29 bits per heavy atom. The molecule has 0 radical (unpaired) electrons. The number of likely N-dealkylation sites (N-methyl/N-ethyl adjacent to an activating group) is 1. The molecule has 0 fully saturated rings. The van der Waals surface area contributed by atoms with Gasteiger partial charge in [-0.3, -0.25) is 0 Å². The first kappa shape index (κ1) is 12.6. The lowest BCUT2D eigenvalue weighted by molar-refractivity contribution is 0.168. The molecule has 0 aliphatic carbocycles. The van der Waals surface area contributed by atoms with Crippen molar-refractivity contribution in [1.82, 2.24) is 5.32 Å². The summed E-state index contributed by atoms with van der Waals surface area (Å²) >= 11 is 3.39. The van der Waals surface area contributed by atoms with Crippen LogP contribution in [-0.4, -0.2) is 13.7 Å². The van der Waals surface area contributed by atoms with E-state index in [9.17, 15) is 4.39 Å². The Labute approximate surface area is 109 Å². The van der Waals surface area contributed by atoms with Crippen molar-refractivity contribution in [3.8, 4) is 0 Å². The number of ether oxygens (including phenoxy) is 1. The van der Waals surface area contributed by atoms with Crippen molar-refractivity contribution in [3.63, 3.8) is 0 Å².